The Balaban J connectivity index is 1.44. The van der Waals surface area contributed by atoms with Crippen LogP contribution in [0, 0.1) is 10.1 Å². The number of nitro benzene ring substituents is 1. The number of nitro groups is 1. The van der Waals surface area contributed by atoms with Crippen LogP contribution < -0.4 is 10.3 Å². The molecule has 8 heteroatoms. The van der Waals surface area contributed by atoms with E-state index in [0.717, 1.165) is 17.3 Å². The minimum atomic E-state index is -1.19. The summed E-state index contributed by atoms with van der Waals surface area (Å²) in [6, 6.07) is 14.5. The molecule has 2 aromatic carbocycles. The molecule has 0 radical (unpaired) electrons. The predicted octanol–water partition coefficient (Wildman–Crippen LogP) is 3.40. The van der Waals surface area contributed by atoms with E-state index in [9.17, 15) is 19.5 Å². The van der Waals surface area contributed by atoms with E-state index in [1.165, 1.54) is 30.3 Å². The fourth-order valence-corrected chi connectivity index (χ4v) is 3.73. The maximum atomic E-state index is 12.2. The summed E-state index contributed by atoms with van der Waals surface area (Å²) in [6.07, 6.45) is 1.45. The van der Waals surface area contributed by atoms with Crippen LogP contribution in [0.4, 0.5) is 5.69 Å². The highest BCUT2D eigenvalue weighted by Gasteiger charge is 2.13. The lowest BCUT2D eigenvalue weighted by Crippen LogP contribution is -2.08. The molecule has 0 aliphatic carbocycles. The molecule has 27 heavy (non-hydrogen) atoms. The summed E-state index contributed by atoms with van der Waals surface area (Å²) in [4.78, 5) is 24.8. The monoisotopic (exact) mass is 386 g/mol. The Labute approximate surface area is 158 Å². The van der Waals surface area contributed by atoms with Gasteiger partial charge in [0.1, 0.15) is 11.5 Å². The first-order chi connectivity index (χ1) is 13.0. The van der Waals surface area contributed by atoms with Crippen LogP contribution in [0.2, 0.25) is 0 Å². The average Bonchev–Trinajstić information content (AvgIpc) is 2.67. The molecule has 1 aromatic heterocycles. The van der Waals surface area contributed by atoms with Crippen molar-refractivity contribution in [1.82, 2.24) is 4.98 Å². The minimum Gasteiger partial charge on any atom is -0.611 e. The molecule has 0 spiro atoms. The SMILES string of the molecule is O=c1ccc2cc(OCCCC[S+]([O-])c3ccc([N+](=O)[O-])cc3)ccc2[nH]1. The number of rotatable bonds is 8. The van der Waals surface area contributed by atoms with Crippen LogP contribution in [-0.4, -0.2) is 26.8 Å². The number of non-ortho nitro benzene ring substituents is 1. The molecule has 3 rings (SSSR count). The summed E-state index contributed by atoms with van der Waals surface area (Å²) in [7, 11) is 0. The van der Waals surface area contributed by atoms with E-state index in [1.807, 2.05) is 6.07 Å². The maximum Gasteiger partial charge on any atom is 0.269 e. The lowest BCUT2D eigenvalue weighted by Gasteiger charge is -2.11. The summed E-state index contributed by atoms with van der Waals surface area (Å²) >= 11 is -1.19. The molecular formula is C19H18N2O5S. The molecule has 0 saturated heterocycles. The first kappa shape index (κ1) is 18.9. The highest BCUT2D eigenvalue weighted by Crippen LogP contribution is 2.20. The Bertz CT molecular complexity index is 987. The first-order valence-electron chi connectivity index (χ1n) is 8.42. The number of nitrogens with one attached hydrogen (secondary N) is 1. The van der Waals surface area contributed by atoms with E-state index in [0.29, 0.717) is 29.4 Å². The van der Waals surface area contributed by atoms with Gasteiger partial charge >= 0.3 is 0 Å². The summed E-state index contributed by atoms with van der Waals surface area (Å²) in [5.74, 6) is 1.19. The second-order valence-electron chi connectivity index (χ2n) is 5.93. The zero-order chi connectivity index (χ0) is 19.2. The standard InChI is InChI=1S/C19H18N2O5S/c22-19-10-3-14-13-16(6-9-18(14)20-19)26-11-1-2-12-27(25)17-7-4-15(5-8-17)21(23)24/h3-10,13H,1-2,11-12H2,(H,20,22). The zero-order valence-electron chi connectivity index (χ0n) is 14.4. The van der Waals surface area contributed by atoms with Crippen LogP contribution in [0.5, 0.6) is 5.75 Å². The van der Waals surface area contributed by atoms with Gasteiger partial charge in [0.15, 0.2) is 4.90 Å². The van der Waals surface area contributed by atoms with E-state index < -0.39 is 16.1 Å². The number of nitrogens with zero attached hydrogens (tertiary/aromatic N) is 1. The van der Waals surface area contributed by atoms with Gasteiger partial charge in [0.2, 0.25) is 5.56 Å². The molecule has 0 saturated carbocycles. The number of hydrogen-bond acceptors (Lipinski definition) is 5. The first-order valence-corrected chi connectivity index (χ1v) is 9.73. The van der Waals surface area contributed by atoms with E-state index in [4.69, 9.17) is 4.74 Å². The summed E-state index contributed by atoms with van der Waals surface area (Å²) < 4.78 is 17.9. The summed E-state index contributed by atoms with van der Waals surface area (Å²) in [5.41, 5.74) is 0.606. The largest absolute Gasteiger partial charge is 0.611 e. The van der Waals surface area contributed by atoms with E-state index in [1.54, 1.807) is 18.2 Å². The maximum absolute atomic E-state index is 12.2. The van der Waals surface area contributed by atoms with E-state index in [2.05, 4.69) is 4.98 Å². The van der Waals surface area contributed by atoms with Crippen molar-refractivity contribution in [3.63, 3.8) is 0 Å². The molecule has 140 valence electrons. The summed E-state index contributed by atoms with van der Waals surface area (Å²) in [5, 5.41) is 11.5. The normalized spacial score (nSPS) is 12.0. The van der Waals surface area contributed by atoms with Gasteiger partial charge < -0.3 is 14.3 Å². The zero-order valence-corrected chi connectivity index (χ0v) is 15.2. The van der Waals surface area contributed by atoms with E-state index >= 15 is 0 Å². The molecule has 0 fully saturated rings. The molecule has 1 heterocycles. The Hall–Kier alpha value is -2.84. The Morgan fingerprint density at radius 3 is 2.56 bits per heavy atom. The molecule has 1 unspecified atom stereocenters. The van der Waals surface area contributed by atoms with Crippen molar-refractivity contribution in [2.75, 3.05) is 12.4 Å². The molecular weight excluding hydrogens is 368 g/mol. The highest BCUT2D eigenvalue weighted by molar-refractivity contribution is 7.91. The number of aromatic amines is 1. The number of pyridine rings is 1. The average molecular weight is 386 g/mol. The Morgan fingerprint density at radius 1 is 1.04 bits per heavy atom. The van der Waals surface area contributed by atoms with Crippen molar-refractivity contribution in [3.05, 3.63) is 75.1 Å². The molecule has 3 aromatic rings. The number of aromatic nitrogens is 1. The number of H-pyrrole nitrogens is 1. The lowest BCUT2D eigenvalue weighted by molar-refractivity contribution is -0.384. The van der Waals surface area contributed by atoms with Gasteiger partial charge in [-0.15, -0.1) is 0 Å². The van der Waals surface area contributed by atoms with Crippen molar-refractivity contribution in [2.45, 2.75) is 17.7 Å². The molecule has 1 atom stereocenters. The van der Waals surface area contributed by atoms with Crippen molar-refractivity contribution in [1.29, 1.82) is 0 Å². The topological polar surface area (TPSA) is 108 Å². The summed E-state index contributed by atoms with van der Waals surface area (Å²) in [6.45, 7) is 0.492. The molecule has 1 N–H and O–H groups in total. The Kier molecular flexibility index (Phi) is 6.10. The second-order valence-corrected chi connectivity index (χ2v) is 7.50. The lowest BCUT2D eigenvalue weighted by atomic mass is 10.2. The number of fused-ring (bicyclic) bond motifs is 1. The third-order valence-corrected chi connectivity index (χ3v) is 5.46. The highest BCUT2D eigenvalue weighted by atomic mass is 32.2. The van der Waals surface area contributed by atoms with Gasteiger partial charge in [0, 0.05) is 29.1 Å². The molecule has 7 nitrogen and oxygen atoms in total. The van der Waals surface area contributed by atoms with Crippen LogP contribution in [0.25, 0.3) is 10.9 Å². The van der Waals surface area contributed by atoms with Gasteiger partial charge in [-0.2, -0.15) is 0 Å². The molecule has 0 aliphatic rings. The van der Waals surface area contributed by atoms with Gasteiger partial charge in [-0.3, -0.25) is 14.9 Å². The fourth-order valence-electron chi connectivity index (χ4n) is 2.58. The molecule has 0 amide bonds. The predicted molar refractivity (Wildman–Crippen MR) is 104 cm³/mol. The second kappa shape index (κ2) is 8.70. The van der Waals surface area contributed by atoms with Crippen molar-refractivity contribution >= 4 is 27.8 Å². The van der Waals surface area contributed by atoms with Crippen molar-refractivity contribution < 1.29 is 14.2 Å². The van der Waals surface area contributed by atoms with Crippen LogP contribution >= 0.6 is 0 Å². The van der Waals surface area contributed by atoms with Crippen LogP contribution in [0.1, 0.15) is 12.8 Å². The number of benzene rings is 2. The van der Waals surface area contributed by atoms with Crippen molar-refractivity contribution in [3.8, 4) is 5.75 Å². The van der Waals surface area contributed by atoms with Gasteiger partial charge in [0.05, 0.1) is 11.5 Å². The quantitative estimate of drug-likeness (QED) is 0.276. The fraction of sp³-hybridized carbons (Fsp3) is 0.211. The number of ether oxygens (including phenoxy) is 1. The van der Waals surface area contributed by atoms with Gasteiger partial charge in [-0.05, 0) is 60.4 Å². The van der Waals surface area contributed by atoms with E-state index in [-0.39, 0.29) is 11.2 Å². The van der Waals surface area contributed by atoms with Crippen LogP contribution in [-0.2, 0) is 11.2 Å². The molecule has 0 bridgehead atoms. The smallest absolute Gasteiger partial charge is 0.269 e. The third-order valence-electron chi connectivity index (χ3n) is 4.00. The molecule has 0 aliphatic heterocycles. The minimum absolute atomic E-state index is 0.0105. The van der Waals surface area contributed by atoms with Gasteiger partial charge in [-0.1, -0.05) is 0 Å². The Morgan fingerprint density at radius 2 is 1.81 bits per heavy atom. The van der Waals surface area contributed by atoms with Crippen molar-refractivity contribution in [2.24, 2.45) is 0 Å². The van der Waals surface area contributed by atoms with Gasteiger partial charge in [-0.25, -0.2) is 0 Å². The van der Waals surface area contributed by atoms with Crippen LogP contribution in [0.3, 0.4) is 0 Å². The third kappa shape index (κ3) is 5.08. The number of unbranched alkanes of at least 4 members (excludes halogenated alkanes) is 1. The van der Waals surface area contributed by atoms with Gasteiger partial charge in [0.25, 0.3) is 5.69 Å². The number of hydrogen-bond donors (Lipinski definition) is 1. The van der Waals surface area contributed by atoms with Crippen LogP contribution in [0.15, 0.2) is 64.3 Å².